The molecule has 1 rings (SSSR count). The van der Waals surface area contributed by atoms with E-state index < -0.39 is 0 Å². The lowest BCUT2D eigenvalue weighted by Gasteiger charge is -2.01. The number of carbonyl (C=O) groups is 1. The van der Waals surface area contributed by atoms with Gasteiger partial charge in [0.1, 0.15) is 6.29 Å². The average Bonchev–Trinajstić information content (AvgIpc) is 2.61. The molecule has 76 valence electrons. The van der Waals surface area contributed by atoms with Gasteiger partial charge in [-0.15, -0.1) is 11.3 Å². The third-order valence-corrected chi connectivity index (χ3v) is 3.32. The normalized spacial score (nSPS) is 12.1. The van der Waals surface area contributed by atoms with Gasteiger partial charge >= 0.3 is 0 Å². The minimum Gasteiger partial charge on any atom is -0.298 e. The lowest BCUT2D eigenvalue weighted by molar-refractivity contribution is -0.105. The molecule has 0 aromatic carbocycles. The minimum atomic E-state index is 0.305. The third-order valence-electron chi connectivity index (χ3n) is 2.14. The van der Waals surface area contributed by atoms with Gasteiger partial charge in [-0.05, 0) is 36.1 Å². The molecule has 0 atom stereocenters. The van der Waals surface area contributed by atoms with Crippen molar-refractivity contribution in [2.24, 2.45) is 5.92 Å². The number of thiophene rings is 1. The van der Waals surface area contributed by atoms with Crippen LogP contribution < -0.4 is 0 Å². The summed E-state index contributed by atoms with van der Waals surface area (Å²) in [5, 5.41) is 0. The Labute approximate surface area is 89.5 Å². The molecule has 0 aliphatic heterocycles. The molecule has 1 aromatic heterocycles. The summed E-state index contributed by atoms with van der Waals surface area (Å²) in [6.07, 6.45) is 4.01. The van der Waals surface area contributed by atoms with Gasteiger partial charge in [0.25, 0.3) is 0 Å². The van der Waals surface area contributed by atoms with Gasteiger partial charge in [-0.3, -0.25) is 4.79 Å². The zero-order chi connectivity index (χ0) is 10.6. The third kappa shape index (κ3) is 2.81. The molecule has 14 heavy (non-hydrogen) atoms. The van der Waals surface area contributed by atoms with Crippen LogP contribution in [0.15, 0.2) is 17.7 Å². The van der Waals surface area contributed by atoms with E-state index in [1.807, 2.05) is 19.9 Å². The van der Waals surface area contributed by atoms with E-state index in [1.165, 1.54) is 9.75 Å². The van der Waals surface area contributed by atoms with Crippen molar-refractivity contribution in [3.8, 4) is 0 Å². The molecular weight excluding hydrogens is 192 g/mol. The van der Waals surface area contributed by atoms with E-state index in [-0.39, 0.29) is 0 Å². The number of allylic oxidation sites excluding steroid dienone is 1. The fourth-order valence-corrected chi connectivity index (χ4v) is 2.08. The topological polar surface area (TPSA) is 17.1 Å². The van der Waals surface area contributed by atoms with E-state index in [1.54, 1.807) is 11.3 Å². The molecule has 2 heteroatoms. The van der Waals surface area contributed by atoms with Gasteiger partial charge in [0.05, 0.1) is 0 Å². The first-order chi connectivity index (χ1) is 6.67. The summed E-state index contributed by atoms with van der Waals surface area (Å²) >= 11 is 1.76. The summed E-state index contributed by atoms with van der Waals surface area (Å²) < 4.78 is 0. The number of aldehydes is 1. The van der Waals surface area contributed by atoms with Crippen LogP contribution in [0.3, 0.4) is 0 Å². The van der Waals surface area contributed by atoms with Crippen molar-refractivity contribution in [1.82, 2.24) is 0 Å². The zero-order valence-electron chi connectivity index (χ0n) is 8.91. The zero-order valence-corrected chi connectivity index (χ0v) is 9.73. The molecule has 1 nitrogen and oxygen atoms in total. The summed E-state index contributed by atoms with van der Waals surface area (Å²) in [4.78, 5) is 13.3. The molecule has 0 amide bonds. The molecule has 1 heterocycles. The van der Waals surface area contributed by atoms with Crippen LogP contribution in [0.25, 0.3) is 6.08 Å². The Bertz CT molecular complexity index is 334. The van der Waals surface area contributed by atoms with Gasteiger partial charge in [-0.2, -0.15) is 0 Å². The fourth-order valence-electron chi connectivity index (χ4n) is 1.16. The van der Waals surface area contributed by atoms with E-state index in [2.05, 4.69) is 19.1 Å². The van der Waals surface area contributed by atoms with Gasteiger partial charge in [-0.25, -0.2) is 0 Å². The van der Waals surface area contributed by atoms with Crippen LogP contribution in [-0.2, 0) is 11.2 Å². The number of hydrogen-bond donors (Lipinski definition) is 0. The second-order valence-corrected chi connectivity index (χ2v) is 4.77. The van der Waals surface area contributed by atoms with E-state index in [9.17, 15) is 4.79 Å². The van der Waals surface area contributed by atoms with E-state index in [4.69, 9.17) is 0 Å². The van der Waals surface area contributed by atoms with Crippen LogP contribution in [0.1, 0.15) is 30.5 Å². The van der Waals surface area contributed by atoms with Crippen molar-refractivity contribution < 1.29 is 4.79 Å². The van der Waals surface area contributed by atoms with Crippen molar-refractivity contribution >= 4 is 23.7 Å². The minimum absolute atomic E-state index is 0.305. The summed E-state index contributed by atoms with van der Waals surface area (Å²) in [5.74, 6) is 0.305. The van der Waals surface area contributed by atoms with Gasteiger partial charge < -0.3 is 0 Å². The smallest absolute Gasteiger partial charge is 0.146 e. The Balaban J connectivity index is 2.88. The van der Waals surface area contributed by atoms with Gasteiger partial charge in [0.15, 0.2) is 0 Å². The van der Waals surface area contributed by atoms with Crippen LogP contribution in [0, 0.1) is 5.92 Å². The molecular formula is C12H16OS. The first kappa shape index (κ1) is 11.2. The molecule has 0 bridgehead atoms. The lowest BCUT2D eigenvalue weighted by Crippen LogP contribution is -1.93. The van der Waals surface area contributed by atoms with Gasteiger partial charge in [-0.1, -0.05) is 20.8 Å². The Kier molecular flexibility index (Phi) is 4.08. The molecule has 1 aromatic rings. The summed E-state index contributed by atoms with van der Waals surface area (Å²) in [6.45, 7) is 6.21. The van der Waals surface area contributed by atoms with E-state index in [0.29, 0.717) is 5.92 Å². The molecule has 0 saturated carbocycles. The molecule has 0 unspecified atom stereocenters. The molecule has 0 spiro atoms. The van der Waals surface area contributed by atoms with Gasteiger partial charge in [0.2, 0.25) is 0 Å². The molecule has 0 radical (unpaired) electrons. The highest BCUT2D eigenvalue weighted by atomic mass is 32.1. The molecule has 0 N–H and O–H groups in total. The van der Waals surface area contributed by atoms with Crippen LogP contribution in [0.2, 0.25) is 0 Å². The van der Waals surface area contributed by atoms with E-state index >= 15 is 0 Å². The highest BCUT2D eigenvalue weighted by Gasteiger charge is 2.02. The van der Waals surface area contributed by atoms with Crippen molar-refractivity contribution in [3.63, 3.8) is 0 Å². The number of carbonyl (C=O) groups excluding carboxylic acids is 1. The first-order valence-electron chi connectivity index (χ1n) is 4.92. The highest BCUT2D eigenvalue weighted by molar-refractivity contribution is 7.12. The Morgan fingerprint density at radius 2 is 2.21 bits per heavy atom. The SMILES string of the molecule is CCc1ccc(C=C(C=O)C(C)C)s1. The summed E-state index contributed by atoms with van der Waals surface area (Å²) in [7, 11) is 0. The van der Waals surface area contributed by atoms with Gasteiger partial charge in [0, 0.05) is 9.75 Å². The number of hydrogen-bond acceptors (Lipinski definition) is 2. The van der Waals surface area contributed by atoms with E-state index in [0.717, 1.165) is 18.3 Å². The maximum atomic E-state index is 10.8. The Morgan fingerprint density at radius 1 is 1.50 bits per heavy atom. The maximum absolute atomic E-state index is 10.8. The molecule has 0 saturated heterocycles. The largest absolute Gasteiger partial charge is 0.298 e. The molecule has 0 aliphatic rings. The van der Waals surface area contributed by atoms with Crippen LogP contribution >= 0.6 is 11.3 Å². The monoisotopic (exact) mass is 208 g/mol. The Morgan fingerprint density at radius 3 is 2.64 bits per heavy atom. The predicted molar refractivity (Wildman–Crippen MR) is 62.6 cm³/mol. The van der Waals surface area contributed by atoms with Crippen molar-refractivity contribution in [2.45, 2.75) is 27.2 Å². The second kappa shape index (κ2) is 5.11. The van der Waals surface area contributed by atoms with Crippen molar-refractivity contribution in [1.29, 1.82) is 0 Å². The second-order valence-electron chi connectivity index (χ2n) is 3.57. The van der Waals surface area contributed by atoms with Crippen molar-refractivity contribution in [3.05, 3.63) is 27.5 Å². The van der Waals surface area contributed by atoms with Crippen LogP contribution in [0.4, 0.5) is 0 Å². The summed E-state index contributed by atoms with van der Waals surface area (Å²) in [6, 6.07) is 4.20. The lowest BCUT2D eigenvalue weighted by atomic mass is 10.0. The highest BCUT2D eigenvalue weighted by Crippen LogP contribution is 2.21. The molecule has 0 fully saturated rings. The van der Waals surface area contributed by atoms with Crippen LogP contribution in [-0.4, -0.2) is 6.29 Å². The maximum Gasteiger partial charge on any atom is 0.146 e. The fraction of sp³-hybridized carbons (Fsp3) is 0.417. The number of rotatable bonds is 4. The van der Waals surface area contributed by atoms with Crippen molar-refractivity contribution in [2.75, 3.05) is 0 Å². The standard InChI is InChI=1S/C12H16OS/c1-4-11-5-6-12(14-11)7-10(8-13)9(2)3/h5-9H,4H2,1-3H3. The Hall–Kier alpha value is -0.890. The quantitative estimate of drug-likeness (QED) is 0.546. The molecule has 0 aliphatic carbocycles. The number of aryl methyl sites for hydroxylation is 1. The predicted octanol–water partition coefficient (Wildman–Crippen LogP) is 3.55. The first-order valence-corrected chi connectivity index (χ1v) is 5.74. The van der Waals surface area contributed by atoms with Crippen LogP contribution in [0.5, 0.6) is 0 Å². The average molecular weight is 208 g/mol. The summed E-state index contributed by atoms with van der Waals surface area (Å²) in [5.41, 5.74) is 0.870.